The largest absolute Gasteiger partial charge is 0.489 e. The van der Waals surface area contributed by atoms with Crippen LogP contribution in [0.25, 0.3) is 0 Å². The Morgan fingerprint density at radius 1 is 1.43 bits per heavy atom. The topological polar surface area (TPSA) is 61.8 Å². The standard InChI is InChI=1S/C17H25ClN2O3/c1-12(23-16-7-5-15(18)6-8-16)10-19-17(22)20-9-3-4-14(11-20)13(2)21/h5-8,12-14,21H,3-4,9-11H2,1-2H3,(H,19,22). The summed E-state index contributed by atoms with van der Waals surface area (Å²) < 4.78 is 5.73. The number of aliphatic hydroxyl groups excluding tert-OH is 1. The number of carbonyl (C=O) groups excluding carboxylic acids is 1. The average Bonchev–Trinajstić information content (AvgIpc) is 2.55. The van der Waals surface area contributed by atoms with Crippen molar-refractivity contribution in [3.05, 3.63) is 29.3 Å². The molecule has 2 N–H and O–H groups in total. The molecule has 6 heteroatoms. The van der Waals surface area contributed by atoms with E-state index >= 15 is 0 Å². The molecule has 0 spiro atoms. The summed E-state index contributed by atoms with van der Waals surface area (Å²) in [7, 11) is 0. The SMILES string of the molecule is CC(CNC(=O)N1CCCC(C(C)O)C1)Oc1ccc(Cl)cc1. The van der Waals surface area contributed by atoms with Crippen LogP contribution in [0.1, 0.15) is 26.7 Å². The molecule has 128 valence electrons. The van der Waals surface area contributed by atoms with Crippen LogP contribution < -0.4 is 10.1 Å². The summed E-state index contributed by atoms with van der Waals surface area (Å²) in [6.45, 7) is 5.46. The van der Waals surface area contributed by atoms with E-state index in [1.165, 1.54) is 0 Å². The molecule has 1 aliphatic heterocycles. The van der Waals surface area contributed by atoms with E-state index < -0.39 is 0 Å². The van der Waals surface area contributed by atoms with Crippen molar-refractivity contribution in [2.24, 2.45) is 5.92 Å². The Kier molecular flexibility index (Phi) is 6.54. The number of likely N-dealkylation sites (tertiary alicyclic amines) is 1. The summed E-state index contributed by atoms with van der Waals surface area (Å²) in [5.74, 6) is 0.889. The predicted molar refractivity (Wildman–Crippen MR) is 90.9 cm³/mol. The lowest BCUT2D eigenvalue weighted by Crippen LogP contribution is -2.49. The van der Waals surface area contributed by atoms with Crippen LogP contribution in [0.2, 0.25) is 5.02 Å². The Morgan fingerprint density at radius 3 is 2.78 bits per heavy atom. The van der Waals surface area contributed by atoms with Crippen molar-refractivity contribution in [2.75, 3.05) is 19.6 Å². The van der Waals surface area contributed by atoms with E-state index in [2.05, 4.69) is 5.32 Å². The Balaban J connectivity index is 1.76. The van der Waals surface area contributed by atoms with Gasteiger partial charge in [-0.1, -0.05) is 11.6 Å². The summed E-state index contributed by atoms with van der Waals surface area (Å²) in [6.07, 6.45) is 1.38. The number of aliphatic hydroxyl groups is 1. The summed E-state index contributed by atoms with van der Waals surface area (Å²) in [5.41, 5.74) is 0. The van der Waals surface area contributed by atoms with Crippen LogP contribution in [0.5, 0.6) is 5.75 Å². The van der Waals surface area contributed by atoms with Crippen molar-refractivity contribution in [1.29, 1.82) is 0 Å². The minimum absolute atomic E-state index is 0.0955. The van der Waals surface area contributed by atoms with Crippen molar-refractivity contribution in [3.8, 4) is 5.75 Å². The Morgan fingerprint density at radius 2 is 2.13 bits per heavy atom. The minimum atomic E-state index is -0.377. The first-order chi connectivity index (χ1) is 11.0. The molecule has 0 saturated carbocycles. The predicted octanol–water partition coefficient (Wildman–Crippen LogP) is 2.91. The number of rotatable bonds is 5. The first kappa shape index (κ1) is 17.9. The minimum Gasteiger partial charge on any atom is -0.489 e. The van der Waals surface area contributed by atoms with E-state index in [4.69, 9.17) is 16.3 Å². The van der Waals surface area contributed by atoms with Crippen LogP contribution in [0, 0.1) is 5.92 Å². The quantitative estimate of drug-likeness (QED) is 0.866. The third kappa shape index (κ3) is 5.59. The molecule has 1 aromatic carbocycles. The molecule has 23 heavy (non-hydrogen) atoms. The van der Waals surface area contributed by atoms with Crippen molar-refractivity contribution in [1.82, 2.24) is 10.2 Å². The van der Waals surface area contributed by atoms with Gasteiger partial charge >= 0.3 is 6.03 Å². The maximum atomic E-state index is 12.2. The van der Waals surface area contributed by atoms with Crippen molar-refractivity contribution >= 4 is 17.6 Å². The van der Waals surface area contributed by atoms with Crippen molar-refractivity contribution in [2.45, 2.75) is 38.9 Å². The average molecular weight is 341 g/mol. The van der Waals surface area contributed by atoms with E-state index in [1.807, 2.05) is 6.92 Å². The maximum absolute atomic E-state index is 12.2. The molecule has 2 amide bonds. The van der Waals surface area contributed by atoms with Gasteiger partial charge in [0.2, 0.25) is 0 Å². The molecule has 1 heterocycles. The molecule has 0 radical (unpaired) electrons. The first-order valence-corrected chi connectivity index (χ1v) is 8.46. The van der Waals surface area contributed by atoms with Gasteiger partial charge in [0.05, 0.1) is 12.6 Å². The Bertz CT molecular complexity index is 507. The summed E-state index contributed by atoms with van der Waals surface area (Å²) in [4.78, 5) is 14.0. The number of nitrogens with one attached hydrogen (secondary N) is 1. The Hall–Kier alpha value is -1.46. The second kappa shape index (κ2) is 8.41. The normalized spacial score (nSPS) is 20.7. The highest BCUT2D eigenvalue weighted by atomic mass is 35.5. The molecule has 5 nitrogen and oxygen atoms in total. The van der Waals surface area contributed by atoms with Crippen molar-refractivity contribution < 1.29 is 14.6 Å². The number of hydrogen-bond acceptors (Lipinski definition) is 3. The molecule has 1 saturated heterocycles. The highest BCUT2D eigenvalue weighted by Gasteiger charge is 2.26. The molecule has 1 aromatic rings. The third-order valence-electron chi connectivity index (χ3n) is 4.12. The lowest BCUT2D eigenvalue weighted by Gasteiger charge is -2.34. The van der Waals surface area contributed by atoms with E-state index in [0.29, 0.717) is 18.1 Å². The fraction of sp³-hybridized carbons (Fsp3) is 0.588. The molecule has 3 atom stereocenters. The zero-order chi connectivity index (χ0) is 16.8. The van der Waals surface area contributed by atoms with Gasteiger partial charge in [0.15, 0.2) is 0 Å². The monoisotopic (exact) mass is 340 g/mol. The third-order valence-corrected chi connectivity index (χ3v) is 4.37. The van der Waals surface area contributed by atoms with Gasteiger partial charge in [0.1, 0.15) is 11.9 Å². The zero-order valence-electron chi connectivity index (χ0n) is 13.7. The van der Waals surface area contributed by atoms with Crippen LogP contribution in [0.15, 0.2) is 24.3 Å². The van der Waals surface area contributed by atoms with Crippen LogP contribution in [0.3, 0.4) is 0 Å². The lowest BCUT2D eigenvalue weighted by molar-refractivity contribution is 0.0732. The van der Waals surface area contributed by atoms with Crippen LogP contribution in [-0.4, -0.2) is 47.9 Å². The summed E-state index contributed by atoms with van der Waals surface area (Å²) in [6, 6.07) is 7.05. The van der Waals surface area contributed by atoms with Crippen LogP contribution in [-0.2, 0) is 0 Å². The number of amides is 2. The van der Waals surface area contributed by atoms with Crippen LogP contribution >= 0.6 is 11.6 Å². The number of nitrogens with zero attached hydrogens (tertiary/aromatic N) is 1. The molecule has 1 aliphatic rings. The first-order valence-electron chi connectivity index (χ1n) is 8.08. The van der Waals surface area contributed by atoms with E-state index in [1.54, 1.807) is 36.1 Å². The van der Waals surface area contributed by atoms with Gasteiger partial charge in [-0.2, -0.15) is 0 Å². The van der Waals surface area contributed by atoms with E-state index in [-0.39, 0.29) is 24.2 Å². The van der Waals surface area contributed by atoms with Gasteiger partial charge in [-0.3, -0.25) is 0 Å². The number of ether oxygens (including phenoxy) is 1. The molecular weight excluding hydrogens is 316 g/mol. The summed E-state index contributed by atoms with van der Waals surface area (Å²) in [5, 5.41) is 13.3. The second-order valence-corrected chi connectivity index (χ2v) is 6.59. The molecule has 0 aliphatic carbocycles. The molecule has 1 fully saturated rings. The maximum Gasteiger partial charge on any atom is 0.317 e. The Labute approximate surface area is 142 Å². The van der Waals surface area contributed by atoms with Gasteiger partial charge in [-0.15, -0.1) is 0 Å². The second-order valence-electron chi connectivity index (χ2n) is 6.16. The van der Waals surface area contributed by atoms with E-state index in [9.17, 15) is 9.90 Å². The van der Waals surface area contributed by atoms with E-state index in [0.717, 1.165) is 25.1 Å². The number of benzene rings is 1. The van der Waals surface area contributed by atoms with Gasteiger partial charge in [0.25, 0.3) is 0 Å². The van der Waals surface area contributed by atoms with Crippen molar-refractivity contribution in [3.63, 3.8) is 0 Å². The zero-order valence-corrected chi connectivity index (χ0v) is 14.4. The highest BCUT2D eigenvalue weighted by molar-refractivity contribution is 6.30. The molecule has 0 aromatic heterocycles. The smallest absolute Gasteiger partial charge is 0.317 e. The molecule has 0 bridgehead atoms. The number of hydrogen-bond donors (Lipinski definition) is 2. The van der Waals surface area contributed by atoms with Gasteiger partial charge in [-0.05, 0) is 51.0 Å². The van der Waals surface area contributed by atoms with Crippen LogP contribution in [0.4, 0.5) is 4.79 Å². The molecule has 3 unspecified atom stereocenters. The number of urea groups is 1. The lowest BCUT2D eigenvalue weighted by atomic mass is 9.94. The molecule has 2 rings (SSSR count). The highest BCUT2D eigenvalue weighted by Crippen LogP contribution is 2.20. The summed E-state index contributed by atoms with van der Waals surface area (Å²) >= 11 is 5.84. The number of carbonyl (C=O) groups is 1. The van der Waals surface area contributed by atoms with Gasteiger partial charge in [0, 0.05) is 24.0 Å². The number of halogens is 1. The number of piperidine rings is 1. The van der Waals surface area contributed by atoms with Gasteiger partial charge < -0.3 is 20.1 Å². The fourth-order valence-electron chi connectivity index (χ4n) is 2.72. The molecular formula is C17H25ClN2O3. The van der Waals surface area contributed by atoms with Gasteiger partial charge in [-0.25, -0.2) is 4.79 Å². The fourth-order valence-corrected chi connectivity index (χ4v) is 2.84.